The lowest BCUT2D eigenvalue weighted by Gasteiger charge is -2.36. The van der Waals surface area contributed by atoms with Crippen LogP contribution >= 0.6 is 24.0 Å². The molecule has 1 heterocycles. The standard InChI is InChI=1S/C18H18ClN3O4.ClH/c19-14-3-1-2-13(10-14)17-11-20-8-9-21(17)18(23)12-26-16-6-4-15(5-7-16)22(24)25;/h1-7,10,17,20H,8-9,11-12H2;1H. The van der Waals surface area contributed by atoms with Gasteiger partial charge in [0.2, 0.25) is 0 Å². The molecule has 1 atom stereocenters. The topological polar surface area (TPSA) is 84.7 Å². The van der Waals surface area contributed by atoms with Crippen LogP contribution in [0.1, 0.15) is 11.6 Å². The van der Waals surface area contributed by atoms with Gasteiger partial charge in [-0.25, -0.2) is 0 Å². The molecule has 0 aromatic heterocycles. The number of carbonyl (C=O) groups excluding carboxylic acids is 1. The number of hydrogen-bond acceptors (Lipinski definition) is 5. The van der Waals surface area contributed by atoms with Gasteiger partial charge in [0.1, 0.15) is 5.75 Å². The smallest absolute Gasteiger partial charge is 0.269 e. The zero-order valence-electron chi connectivity index (χ0n) is 14.3. The van der Waals surface area contributed by atoms with Gasteiger partial charge in [-0.05, 0) is 29.8 Å². The fourth-order valence-electron chi connectivity index (χ4n) is 2.91. The van der Waals surface area contributed by atoms with Crippen molar-refractivity contribution < 1.29 is 14.5 Å². The van der Waals surface area contributed by atoms with E-state index in [1.54, 1.807) is 11.0 Å². The van der Waals surface area contributed by atoms with Crippen LogP contribution in [0, 0.1) is 10.1 Å². The molecule has 1 saturated heterocycles. The summed E-state index contributed by atoms with van der Waals surface area (Å²) in [4.78, 5) is 24.6. The summed E-state index contributed by atoms with van der Waals surface area (Å²) >= 11 is 6.07. The summed E-state index contributed by atoms with van der Waals surface area (Å²) in [5.41, 5.74) is 0.945. The van der Waals surface area contributed by atoms with E-state index >= 15 is 0 Å². The molecule has 1 unspecified atom stereocenters. The van der Waals surface area contributed by atoms with Crippen LogP contribution in [0.2, 0.25) is 5.02 Å². The minimum absolute atomic E-state index is 0. The van der Waals surface area contributed by atoms with Crippen molar-refractivity contribution in [3.63, 3.8) is 0 Å². The van der Waals surface area contributed by atoms with E-state index in [-0.39, 0.29) is 36.7 Å². The monoisotopic (exact) mass is 411 g/mol. The molecular weight excluding hydrogens is 393 g/mol. The minimum atomic E-state index is -0.481. The largest absolute Gasteiger partial charge is 0.484 e. The van der Waals surface area contributed by atoms with E-state index in [1.807, 2.05) is 18.2 Å². The van der Waals surface area contributed by atoms with Gasteiger partial charge in [0.05, 0.1) is 11.0 Å². The van der Waals surface area contributed by atoms with Crippen LogP contribution in [0.5, 0.6) is 5.75 Å². The highest BCUT2D eigenvalue weighted by Gasteiger charge is 2.28. The number of nitrogens with zero attached hydrogens (tertiary/aromatic N) is 2. The number of carbonyl (C=O) groups is 1. The number of piperazine rings is 1. The Morgan fingerprint density at radius 3 is 2.70 bits per heavy atom. The molecule has 7 nitrogen and oxygen atoms in total. The molecule has 3 rings (SSSR count). The van der Waals surface area contributed by atoms with Gasteiger partial charge < -0.3 is 15.0 Å². The third kappa shape index (κ3) is 5.32. The molecule has 1 fully saturated rings. The quantitative estimate of drug-likeness (QED) is 0.602. The Bertz CT molecular complexity index is 801. The lowest BCUT2D eigenvalue weighted by molar-refractivity contribution is -0.384. The Morgan fingerprint density at radius 1 is 1.30 bits per heavy atom. The minimum Gasteiger partial charge on any atom is -0.484 e. The second kappa shape index (κ2) is 9.55. The van der Waals surface area contributed by atoms with Gasteiger partial charge in [-0.15, -0.1) is 12.4 Å². The molecule has 1 N–H and O–H groups in total. The first-order chi connectivity index (χ1) is 12.5. The van der Waals surface area contributed by atoms with Gasteiger partial charge in [0.15, 0.2) is 6.61 Å². The average Bonchev–Trinajstić information content (AvgIpc) is 2.66. The van der Waals surface area contributed by atoms with Crippen molar-refractivity contribution in [2.75, 3.05) is 26.2 Å². The number of rotatable bonds is 5. The Labute approximate surface area is 167 Å². The van der Waals surface area contributed by atoms with Crippen LogP contribution in [0.15, 0.2) is 48.5 Å². The van der Waals surface area contributed by atoms with Crippen molar-refractivity contribution in [2.45, 2.75) is 6.04 Å². The van der Waals surface area contributed by atoms with Gasteiger partial charge in [0.25, 0.3) is 11.6 Å². The number of amides is 1. The molecule has 27 heavy (non-hydrogen) atoms. The maximum absolute atomic E-state index is 12.6. The molecule has 144 valence electrons. The highest BCUT2D eigenvalue weighted by molar-refractivity contribution is 6.30. The first-order valence-electron chi connectivity index (χ1n) is 8.17. The number of halogens is 2. The first-order valence-corrected chi connectivity index (χ1v) is 8.55. The van der Waals surface area contributed by atoms with Gasteiger partial charge in [0, 0.05) is 36.8 Å². The molecule has 2 aromatic rings. The van der Waals surface area contributed by atoms with E-state index in [0.717, 1.165) is 5.56 Å². The van der Waals surface area contributed by atoms with Crippen molar-refractivity contribution in [3.8, 4) is 5.75 Å². The van der Waals surface area contributed by atoms with Crippen LogP contribution in [-0.4, -0.2) is 42.0 Å². The molecule has 0 bridgehead atoms. The van der Waals surface area contributed by atoms with E-state index in [0.29, 0.717) is 30.4 Å². The van der Waals surface area contributed by atoms with Gasteiger partial charge in [-0.2, -0.15) is 0 Å². The molecular formula is C18H19Cl2N3O4. The molecule has 1 aliphatic rings. The van der Waals surface area contributed by atoms with Crippen LogP contribution in [0.3, 0.4) is 0 Å². The molecule has 0 saturated carbocycles. The van der Waals surface area contributed by atoms with Crippen LogP contribution in [-0.2, 0) is 4.79 Å². The molecule has 1 aliphatic heterocycles. The van der Waals surface area contributed by atoms with E-state index in [9.17, 15) is 14.9 Å². The summed E-state index contributed by atoms with van der Waals surface area (Å²) in [5, 5.41) is 14.6. The summed E-state index contributed by atoms with van der Waals surface area (Å²) in [7, 11) is 0. The number of nitro groups is 1. The Balaban J connectivity index is 0.00000261. The van der Waals surface area contributed by atoms with E-state index in [4.69, 9.17) is 16.3 Å². The van der Waals surface area contributed by atoms with E-state index in [1.165, 1.54) is 24.3 Å². The van der Waals surface area contributed by atoms with Crippen molar-refractivity contribution >= 4 is 35.6 Å². The third-order valence-electron chi connectivity index (χ3n) is 4.21. The van der Waals surface area contributed by atoms with Gasteiger partial charge in [-0.1, -0.05) is 23.7 Å². The number of hydrogen-bond donors (Lipinski definition) is 1. The lowest BCUT2D eigenvalue weighted by atomic mass is 10.0. The summed E-state index contributed by atoms with van der Waals surface area (Å²) in [5.74, 6) is 0.271. The molecule has 0 radical (unpaired) electrons. The average molecular weight is 412 g/mol. The number of nitrogens with one attached hydrogen (secondary N) is 1. The second-order valence-electron chi connectivity index (χ2n) is 5.90. The van der Waals surface area contributed by atoms with Gasteiger partial charge in [-0.3, -0.25) is 14.9 Å². The van der Waals surface area contributed by atoms with E-state index in [2.05, 4.69) is 5.32 Å². The number of non-ortho nitro benzene ring substituents is 1. The fraction of sp³-hybridized carbons (Fsp3) is 0.278. The van der Waals surface area contributed by atoms with Crippen molar-refractivity contribution in [2.24, 2.45) is 0 Å². The zero-order chi connectivity index (χ0) is 18.5. The van der Waals surface area contributed by atoms with E-state index < -0.39 is 4.92 Å². The summed E-state index contributed by atoms with van der Waals surface area (Å²) in [6, 6.07) is 13.0. The van der Waals surface area contributed by atoms with Crippen molar-refractivity contribution in [3.05, 3.63) is 69.2 Å². The Morgan fingerprint density at radius 2 is 2.04 bits per heavy atom. The number of nitro benzene ring substituents is 1. The number of ether oxygens (including phenoxy) is 1. The third-order valence-corrected chi connectivity index (χ3v) is 4.44. The predicted molar refractivity (Wildman–Crippen MR) is 105 cm³/mol. The lowest BCUT2D eigenvalue weighted by Crippen LogP contribution is -2.50. The molecule has 0 aliphatic carbocycles. The number of benzene rings is 2. The second-order valence-corrected chi connectivity index (χ2v) is 6.34. The van der Waals surface area contributed by atoms with Crippen molar-refractivity contribution in [1.29, 1.82) is 0 Å². The Hall–Kier alpha value is -2.35. The predicted octanol–water partition coefficient (Wildman–Crippen LogP) is 3.22. The first kappa shape index (κ1) is 21.0. The van der Waals surface area contributed by atoms with Crippen molar-refractivity contribution in [1.82, 2.24) is 10.2 Å². The molecule has 9 heteroatoms. The summed E-state index contributed by atoms with van der Waals surface area (Å²) in [6.07, 6.45) is 0. The maximum atomic E-state index is 12.6. The van der Waals surface area contributed by atoms with Crippen LogP contribution in [0.25, 0.3) is 0 Å². The summed E-state index contributed by atoms with van der Waals surface area (Å²) < 4.78 is 5.50. The summed E-state index contributed by atoms with van der Waals surface area (Å²) in [6.45, 7) is 1.79. The van der Waals surface area contributed by atoms with Crippen LogP contribution in [0.4, 0.5) is 5.69 Å². The van der Waals surface area contributed by atoms with Gasteiger partial charge >= 0.3 is 0 Å². The molecule has 0 spiro atoms. The van der Waals surface area contributed by atoms with Crippen LogP contribution < -0.4 is 10.1 Å². The SMILES string of the molecule is Cl.O=C(COc1ccc([N+](=O)[O-])cc1)N1CCNCC1c1cccc(Cl)c1. The highest BCUT2D eigenvalue weighted by atomic mass is 35.5. The molecule has 1 amide bonds. The normalized spacial score (nSPS) is 16.3. The highest BCUT2D eigenvalue weighted by Crippen LogP contribution is 2.25. The fourth-order valence-corrected chi connectivity index (χ4v) is 3.11. The maximum Gasteiger partial charge on any atom is 0.269 e. The molecule has 2 aromatic carbocycles. The Kier molecular flexibility index (Phi) is 7.41. The zero-order valence-corrected chi connectivity index (χ0v) is 15.9.